The minimum Gasteiger partial charge on any atom is -0.507 e. The van der Waals surface area contributed by atoms with Crippen LogP contribution in [0.1, 0.15) is 49.1 Å². The molecule has 1 unspecified atom stereocenters. The molecule has 1 heterocycles. The van der Waals surface area contributed by atoms with Crippen LogP contribution in [0.25, 0.3) is 0 Å². The van der Waals surface area contributed by atoms with Gasteiger partial charge in [0.2, 0.25) is 0 Å². The summed E-state index contributed by atoms with van der Waals surface area (Å²) in [5.74, 6) is 1.66. The minimum absolute atomic E-state index is 0.0545. The fraction of sp³-hybridized carbons (Fsp3) is 0.412. The van der Waals surface area contributed by atoms with E-state index in [0.29, 0.717) is 5.75 Å². The molecule has 1 N–H and O–H groups in total. The Hall–Kier alpha value is -1.70. The summed E-state index contributed by atoms with van der Waals surface area (Å²) in [6.07, 6.45) is 1.72. The Balaban J connectivity index is 2.44. The van der Waals surface area contributed by atoms with E-state index in [2.05, 4.69) is 32.9 Å². The Morgan fingerprint density at radius 1 is 1.16 bits per heavy atom. The highest BCUT2D eigenvalue weighted by Gasteiger charge is 2.31. The molecule has 2 heteroatoms. The third kappa shape index (κ3) is 2.40. The molecule has 0 radical (unpaired) electrons. The van der Waals surface area contributed by atoms with Gasteiger partial charge >= 0.3 is 0 Å². The largest absolute Gasteiger partial charge is 0.507 e. The summed E-state index contributed by atoms with van der Waals surface area (Å²) in [6, 6.07) is 8.09. The van der Waals surface area contributed by atoms with Crippen LogP contribution in [0.5, 0.6) is 5.75 Å². The number of hydrogen-bond donors (Lipinski definition) is 1. The molecule has 0 amide bonds. The lowest BCUT2D eigenvalue weighted by Crippen LogP contribution is -2.25. The molecule has 102 valence electrons. The summed E-state index contributed by atoms with van der Waals surface area (Å²) in [7, 11) is 0. The quantitative estimate of drug-likeness (QED) is 0.867. The van der Waals surface area contributed by atoms with Gasteiger partial charge in [0.05, 0.1) is 6.26 Å². The first-order valence-corrected chi connectivity index (χ1v) is 6.68. The third-order valence-electron chi connectivity index (χ3n) is 4.29. The van der Waals surface area contributed by atoms with Crippen molar-refractivity contribution in [1.82, 2.24) is 0 Å². The number of phenolic OH excluding ortho intramolecular Hbond substituents is 1. The number of benzene rings is 1. The molecule has 19 heavy (non-hydrogen) atoms. The lowest BCUT2D eigenvalue weighted by Gasteiger charge is -2.32. The maximum Gasteiger partial charge on any atom is 0.121 e. The molecule has 0 aliphatic rings. The normalized spacial score (nSPS) is 13.5. The molecule has 0 fully saturated rings. The number of phenols is 1. The molecule has 2 rings (SSSR count). The Bertz CT molecular complexity index is 542. The van der Waals surface area contributed by atoms with Gasteiger partial charge in [-0.3, -0.25) is 0 Å². The van der Waals surface area contributed by atoms with Crippen LogP contribution >= 0.6 is 0 Å². The Kier molecular flexibility index (Phi) is 3.44. The van der Waals surface area contributed by atoms with Gasteiger partial charge in [0.25, 0.3) is 0 Å². The third-order valence-corrected chi connectivity index (χ3v) is 4.29. The molecular formula is C17H22O2. The van der Waals surface area contributed by atoms with Crippen molar-refractivity contribution in [3.63, 3.8) is 0 Å². The summed E-state index contributed by atoms with van der Waals surface area (Å²) < 4.78 is 5.54. The summed E-state index contributed by atoms with van der Waals surface area (Å²) in [6.45, 7) is 10.5. The molecule has 0 bridgehead atoms. The molecule has 0 spiro atoms. The van der Waals surface area contributed by atoms with Crippen molar-refractivity contribution in [2.75, 3.05) is 0 Å². The molecule has 0 aliphatic heterocycles. The lowest BCUT2D eigenvalue weighted by atomic mass is 9.72. The number of hydrogen-bond acceptors (Lipinski definition) is 2. The van der Waals surface area contributed by atoms with Crippen LogP contribution < -0.4 is 0 Å². The first kappa shape index (κ1) is 13.7. The predicted molar refractivity (Wildman–Crippen MR) is 77.7 cm³/mol. The van der Waals surface area contributed by atoms with Gasteiger partial charge in [0.1, 0.15) is 11.5 Å². The summed E-state index contributed by atoms with van der Waals surface area (Å²) in [5.41, 5.74) is 3.02. The van der Waals surface area contributed by atoms with Gasteiger partial charge < -0.3 is 9.52 Å². The van der Waals surface area contributed by atoms with Crippen molar-refractivity contribution < 1.29 is 9.52 Å². The molecule has 2 aromatic rings. The Labute approximate surface area is 115 Å². The number of aryl methyl sites for hydroxylation is 2. The standard InChI is InChI=1S/C17H22O2/c1-11-9-14(10-12(2)16(11)18)17(4,5)13(3)15-7-6-8-19-15/h6-10,13,18H,1-5H3. The van der Waals surface area contributed by atoms with Crippen molar-refractivity contribution in [2.24, 2.45) is 0 Å². The predicted octanol–water partition coefficient (Wildman–Crippen LogP) is 4.68. The monoisotopic (exact) mass is 258 g/mol. The molecule has 0 saturated carbocycles. The van der Waals surface area contributed by atoms with Crippen molar-refractivity contribution in [3.8, 4) is 5.75 Å². The van der Waals surface area contributed by atoms with E-state index in [1.165, 1.54) is 5.56 Å². The number of aromatic hydroxyl groups is 1. The van der Waals surface area contributed by atoms with Gasteiger partial charge in [-0.2, -0.15) is 0 Å². The van der Waals surface area contributed by atoms with Gasteiger partial charge in [-0.25, -0.2) is 0 Å². The second kappa shape index (κ2) is 4.76. The van der Waals surface area contributed by atoms with Crippen LogP contribution in [0.2, 0.25) is 0 Å². The van der Waals surface area contributed by atoms with E-state index in [9.17, 15) is 5.11 Å². The molecular weight excluding hydrogens is 236 g/mol. The zero-order chi connectivity index (χ0) is 14.2. The van der Waals surface area contributed by atoms with Gasteiger partial charge in [-0.15, -0.1) is 0 Å². The van der Waals surface area contributed by atoms with E-state index < -0.39 is 0 Å². The van der Waals surface area contributed by atoms with E-state index in [0.717, 1.165) is 16.9 Å². The number of rotatable bonds is 3. The zero-order valence-corrected chi connectivity index (χ0v) is 12.3. The van der Waals surface area contributed by atoms with Crippen molar-refractivity contribution >= 4 is 0 Å². The topological polar surface area (TPSA) is 33.4 Å². The highest BCUT2D eigenvalue weighted by Crippen LogP contribution is 2.40. The van der Waals surface area contributed by atoms with Crippen LogP contribution in [0.4, 0.5) is 0 Å². The first-order valence-electron chi connectivity index (χ1n) is 6.68. The fourth-order valence-electron chi connectivity index (χ4n) is 2.47. The average Bonchev–Trinajstić information content (AvgIpc) is 2.87. The van der Waals surface area contributed by atoms with Crippen LogP contribution in [-0.2, 0) is 5.41 Å². The van der Waals surface area contributed by atoms with Crippen LogP contribution in [0.3, 0.4) is 0 Å². The van der Waals surface area contributed by atoms with Crippen molar-refractivity contribution in [3.05, 3.63) is 53.0 Å². The van der Waals surface area contributed by atoms with E-state index in [1.807, 2.05) is 26.0 Å². The van der Waals surface area contributed by atoms with E-state index >= 15 is 0 Å². The maximum absolute atomic E-state index is 9.90. The van der Waals surface area contributed by atoms with Gasteiger partial charge in [0.15, 0.2) is 0 Å². The zero-order valence-electron chi connectivity index (χ0n) is 12.3. The summed E-state index contributed by atoms with van der Waals surface area (Å²) >= 11 is 0. The minimum atomic E-state index is -0.0545. The SMILES string of the molecule is Cc1cc(C(C)(C)C(C)c2ccco2)cc(C)c1O. The molecule has 1 aromatic heterocycles. The van der Waals surface area contributed by atoms with E-state index in [1.54, 1.807) is 6.26 Å². The molecule has 0 saturated heterocycles. The van der Waals surface area contributed by atoms with Crippen LogP contribution in [-0.4, -0.2) is 5.11 Å². The van der Waals surface area contributed by atoms with Gasteiger partial charge in [-0.05, 0) is 48.1 Å². The molecule has 1 aromatic carbocycles. The van der Waals surface area contributed by atoms with Gasteiger partial charge in [0, 0.05) is 5.92 Å². The summed E-state index contributed by atoms with van der Waals surface area (Å²) in [4.78, 5) is 0. The van der Waals surface area contributed by atoms with Crippen LogP contribution in [0.15, 0.2) is 34.9 Å². The highest BCUT2D eigenvalue weighted by atomic mass is 16.3. The molecule has 1 atom stereocenters. The smallest absolute Gasteiger partial charge is 0.121 e. The van der Waals surface area contributed by atoms with Crippen molar-refractivity contribution in [2.45, 2.75) is 46.0 Å². The maximum atomic E-state index is 9.90. The first-order chi connectivity index (χ1) is 8.84. The second-order valence-corrected chi connectivity index (χ2v) is 5.92. The second-order valence-electron chi connectivity index (χ2n) is 5.92. The Morgan fingerprint density at radius 2 is 1.74 bits per heavy atom. The molecule has 2 nitrogen and oxygen atoms in total. The lowest BCUT2D eigenvalue weighted by molar-refractivity contribution is 0.364. The average molecular weight is 258 g/mol. The summed E-state index contributed by atoms with van der Waals surface area (Å²) in [5, 5.41) is 9.90. The van der Waals surface area contributed by atoms with Crippen molar-refractivity contribution in [1.29, 1.82) is 0 Å². The van der Waals surface area contributed by atoms with Crippen LogP contribution in [0, 0.1) is 13.8 Å². The number of furan rings is 1. The van der Waals surface area contributed by atoms with E-state index in [-0.39, 0.29) is 11.3 Å². The molecule has 0 aliphatic carbocycles. The van der Waals surface area contributed by atoms with E-state index in [4.69, 9.17) is 4.42 Å². The highest BCUT2D eigenvalue weighted by molar-refractivity contribution is 5.45. The van der Waals surface area contributed by atoms with Gasteiger partial charge in [-0.1, -0.05) is 32.9 Å². The fourth-order valence-corrected chi connectivity index (χ4v) is 2.47. The Morgan fingerprint density at radius 3 is 2.21 bits per heavy atom.